The first-order chi connectivity index (χ1) is 10.9. The van der Waals surface area contributed by atoms with Gasteiger partial charge in [0.15, 0.2) is 6.10 Å². The first-order valence-corrected chi connectivity index (χ1v) is 7.62. The van der Waals surface area contributed by atoms with Crippen LogP contribution >= 0.6 is 0 Å². The lowest BCUT2D eigenvalue weighted by atomic mass is 10.1. The summed E-state index contributed by atoms with van der Waals surface area (Å²) in [6.45, 7) is 1.46. The summed E-state index contributed by atoms with van der Waals surface area (Å²) in [5, 5.41) is 9.55. The van der Waals surface area contributed by atoms with Crippen molar-refractivity contribution in [3.05, 3.63) is 12.4 Å². The Kier molecular flexibility index (Phi) is 4.58. The van der Waals surface area contributed by atoms with E-state index in [1.165, 1.54) is 6.33 Å². The van der Waals surface area contributed by atoms with Gasteiger partial charge in [0.2, 0.25) is 0 Å². The van der Waals surface area contributed by atoms with Crippen molar-refractivity contribution in [3.8, 4) is 0 Å². The molecule has 6 nitrogen and oxygen atoms in total. The van der Waals surface area contributed by atoms with E-state index in [1.807, 2.05) is 4.90 Å². The van der Waals surface area contributed by atoms with Gasteiger partial charge in [0, 0.05) is 25.7 Å². The van der Waals surface area contributed by atoms with Crippen molar-refractivity contribution in [2.75, 3.05) is 42.6 Å². The van der Waals surface area contributed by atoms with Crippen LogP contribution in [0.5, 0.6) is 0 Å². The Morgan fingerprint density at radius 1 is 1.09 bits per heavy atom. The SMILES string of the molecule is OC1CCN(c2cc(N3CCOC(C(F)(F)F)C3)ncn2)CC1. The Bertz CT molecular complexity index is 535. The molecule has 0 bridgehead atoms. The summed E-state index contributed by atoms with van der Waals surface area (Å²) >= 11 is 0. The zero-order valence-electron chi connectivity index (χ0n) is 12.5. The van der Waals surface area contributed by atoms with E-state index < -0.39 is 12.3 Å². The van der Waals surface area contributed by atoms with Crippen LogP contribution in [0.4, 0.5) is 24.8 Å². The third-order valence-corrected chi connectivity index (χ3v) is 4.18. The summed E-state index contributed by atoms with van der Waals surface area (Å²) in [5.74, 6) is 1.15. The van der Waals surface area contributed by atoms with Crippen molar-refractivity contribution in [2.45, 2.75) is 31.2 Å². The van der Waals surface area contributed by atoms with E-state index >= 15 is 0 Å². The standard InChI is InChI=1S/C14H19F3N4O2/c15-14(16,17)11-8-21(5-6-23-11)13-7-12(18-9-19-13)20-3-1-10(22)2-4-20/h7,9-11,22H,1-6,8H2. The lowest BCUT2D eigenvalue weighted by molar-refractivity contribution is -0.221. The maximum atomic E-state index is 12.8. The number of morpholine rings is 1. The van der Waals surface area contributed by atoms with E-state index in [1.54, 1.807) is 11.0 Å². The molecule has 0 amide bonds. The number of aliphatic hydroxyl groups excluding tert-OH is 1. The number of halogens is 3. The molecule has 1 aromatic heterocycles. The highest BCUT2D eigenvalue weighted by Gasteiger charge is 2.43. The topological polar surface area (TPSA) is 61.7 Å². The molecule has 128 valence electrons. The highest BCUT2D eigenvalue weighted by molar-refractivity contribution is 5.50. The average molecular weight is 332 g/mol. The van der Waals surface area contributed by atoms with Crippen molar-refractivity contribution < 1.29 is 23.0 Å². The average Bonchev–Trinajstić information content (AvgIpc) is 2.55. The van der Waals surface area contributed by atoms with Gasteiger partial charge in [0.05, 0.1) is 19.3 Å². The second-order valence-corrected chi connectivity index (χ2v) is 5.80. The summed E-state index contributed by atoms with van der Waals surface area (Å²) in [6.07, 6.45) is -3.77. The quantitative estimate of drug-likeness (QED) is 0.878. The van der Waals surface area contributed by atoms with Crippen molar-refractivity contribution in [1.29, 1.82) is 0 Å². The Balaban J connectivity index is 1.72. The second-order valence-electron chi connectivity index (χ2n) is 5.80. The number of nitrogens with zero attached hydrogens (tertiary/aromatic N) is 4. The molecule has 2 saturated heterocycles. The van der Waals surface area contributed by atoms with Gasteiger partial charge in [-0.05, 0) is 12.8 Å². The van der Waals surface area contributed by atoms with Crippen LogP contribution in [0.1, 0.15) is 12.8 Å². The number of aliphatic hydroxyl groups is 1. The zero-order valence-corrected chi connectivity index (χ0v) is 12.5. The van der Waals surface area contributed by atoms with Crippen LogP contribution < -0.4 is 9.80 Å². The van der Waals surface area contributed by atoms with Crippen LogP contribution in [-0.4, -0.2) is 66.2 Å². The van der Waals surface area contributed by atoms with Crippen LogP contribution in [0.2, 0.25) is 0 Å². The number of aromatic nitrogens is 2. The smallest absolute Gasteiger partial charge is 0.393 e. The first kappa shape index (κ1) is 16.3. The maximum Gasteiger partial charge on any atom is 0.416 e. The molecule has 23 heavy (non-hydrogen) atoms. The summed E-state index contributed by atoms with van der Waals surface area (Å²) < 4.78 is 43.3. The van der Waals surface area contributed by atoms with E-state index in [-0.39, 0.29) is 19.3 Å². The molecule has 9 heteroatoms. The third-order valence-electron chi connectivity index (χ3n) is 4.18. The van der Waals surface area contributed by atoms with Gasteiger partial charge in [-0.2, -0.15) is 13.2 Å². The van der Waals surface area contributed by atoms with Gasteiger partial charge in [-0.25, -0.2) is 9.97 Å². The van der Waals surface area contributed by atoms with Crippen molar-refractivity contribution in [3.63, 3.8) is 0 Å². The minimum absolute atomic E-state index is 0.0133. The summed E-state index contributed by atoms with van der Waals surface area (Å²) in [4.78, 5) is 11.9. The fourth-order valence-electron chi connectivity index (χ4n) is 2.83. The molecule has 0 aromatic carbocycles. The molecule has 2 aliphatic rings. The van der Waals surface area contributed by atoms with E-state index in [4.69, 9.17) is 4.74 Å². The molecule has 0 aliphatic carbocycles. The highest BCUT2D eigenvalue weighted by atomic mass is 19.4. The van der Waals surface area contributed by atoms with Gasteiger partial charge < -0.3 is 19.6 Å². The highest BCUT2D eigenvalue weighted by Crippen LogP contribution is 2.28. The van der Waals surface area contributed by atoms with E-state index in [2.05, 4.69) is 9.97 Å². The van der Waals surface area contributed by atoms with Crippen LogP contribution in [0.15, 0.2) is 12.4 Å². The van der Waals surface area contributed by atoms with Crippen LogP contribution in [0.25, 0.3) is 0 Å². The first-order valence-electron chi connectivity index (χ1n) is 7.62. The summed E-state index contributed by atoms with van der Waals surface area (Å²) in [6, 6.07) is 1.70. The molecule has 0 saturated carbocycles. The largest absolute Gasteiger partial charge is 0.416 e. The molecule has 1 aromatic rings. The van der Waals surface area contributed by atoms with Crippen molar-refractivity contribution in [1.82, 2.24) is 9.97 Å². The molecular weight excluding hydrogens is 313 g/mol. The summed E-state index contributed by atoms with van der Waals surface area (Å²) in [7, 11) is 0. The van der Waals surface area contributed by atoms with Crippen LogP contribution in [0, 0.1) is 0 Å². The predicted octanol–water partition coefficient (Wildman–Crippen LogP) is 1.21. The van der Waals surface area contributed by atoms with Gasteiger partial charge >= 0.3 is 6.18 Å². The Labute approximate surface area is 131 Å². The van der Waals surface area contributed by atoms with Crippen molar-refractivity contribution >= 4 is 11.6 Å². The zero-order chi connectivity index (χ0) is 16.4. The van der Waals surface area contributed by atoms with Gasteiger partial charge in [-0.1, -0.05) is 0 Å². The molecule has 3 heterocycles. The minimum atomic E-state index is -4.38. The number of anilines is 2. The van der Waals surface area contributed by atoms with E-state index in [0.29, 0.717) is 44.1 Å². The van der Waals surface area contributed by atoms with E-state index in [0.717, 1.165) is 0 Å². The fraction of sp³-hybridized carbons (Fsp3) is 0.714. The number of hydrogen-bond donors (Lipinski definition) is 1. The molecular formula is C14H19F3N4O2. The van der Waals surface area contributed by atoms with Gasteiger partial charge in [-0.3, -0.25) is 0 Å². The van der Waals surface area contributed by atoms with Crippen LogP contribution in [-0.2, 0) is 4.74 Å². The monoisotopic (exact) mass is 332 g/mol. The number of hydrogen-bond acceptors (Lipinski definition) is 6. The third kappa shape index (κ3) is 3.84. The second kappa shape index (κ2) is 6.48. The summed E-state index contributed by atoms with van der Waals surface area (Å²) in [5.41, 5.74) is 0. The maximum absolute atomic E-state index is 12.8. The number of rotatable bonds is 2. The van der Waals surface area contributed by atoms with Crippen LogP contribution in [0.3, 0.4) is 0 Å². The Morgan fingerprint density at radius 3 is 2.39 bits per heavy atom. The molecule has 1 N–H and O–H groups in total. The lowest BCUT2D eigenvalue weighted by Gasteiger charge is -2.35. The van der Waals surface area contributed by atoms with Crippen molar-refractivity contribution in [2.24, 2.45) is 0 Å². The molecule has 0 spiro atoms. The molecule has 0 radical (unpaired) electrons. The molecule has 2 fully saturated rings. The molecule has 2 aliphatic heterocycles. The predicted molar refractivity (Wildman–Crippen MR) is 77.5 cm³/mol. The Hall–Kier alpha value is -1.61. The minimum Gasteiger partial charge on any atom is -0.393 e. The lowest BCUT2D eigenvalue weighted by Crippen LogP contribution is -2.49. The molecule has 1 unspecified atom stereocenters. The van der Waals surface area contributed by atoms with Gasteiger partial charge in [0.1, 0.15) is 18.0 Å². The fourth-order valence-corrected chi connectivity index (χ4v) is 2.83. The number of alkyl halides is 3. The normalized spacial score (nSPS) is 24.1. The van der Waals surface area contributed by atoms with Gasteiger partial charge in [0.25, 0.3) is 0 Å². The van der Waals surface area contributed by atoms with E-state index in [9.17, 15) is 18.3 Å². The number of piperidine rings is 1. The Morgan fingerprint density at radius 2 is 1.74 bits per heavy atom. The number of ether oxygens (including phenoxy) is 1. The molecule has 3 rings (SSSR count). The van der Waals surface area contributed by atoms with Gasteiger partial charge in [-0.15, -0.1) is 0 Å². The molecule has 1 atom stereocenters.